The molecule has 3 heterocycles. The van der Waals surface area contributed by atoms with Gasteiger partial charge in [-0.2, -0.15) is 0 Å². The lowest BCUT2D eigenvalue weighted by atomic mass is 9.84. The fraction of sp³-hybridized carbons (Fsp3) is 0.278. The first-order valence-electron chi connectivity index (χ1n) is 15.7. The van der Waals surface area contributed by atoms with Crippen molar-refractivity contribution in [1.29, 1.82) is 0 Å². The van der Waals surface area contributed by atoms with Gasteiger partial charge in [0.2, 0.25) is 5.91 Å². The second-order valence-corrected chi connectivity index (χ2v) is 12.0. The Morgan fingerprint density at radius 1 is 1.00 bits per heavy atom. The van der Waals surface area contributed by atoms with Crippen molar-refractivity contribution in [3.05, 3.63) is 129 Å². The van der Waals surface area contributed by atoms with E-state index >= 15 is 0 Å². The number of carbonyl (C=O) groups is 2. The van der Waals surface area contributed by atoms with Gasteiger partial charge in [-0.15, -0.1) is 0 Å². The lowest BCUT2D eigenvalue weighted by Gasteiger charge is -2.29. The van der Waals surface area contributed by atoms with Gasteiger partial charge in [0.25, 0.3) is 5.56 Å². The molecule has 11 nitrogen and oxygen atoms in total. The highest BCUT2D eigenvalue weighted by Crippen LogP contribution is 2.29. The van der Waals surface area contributed by atoms with E-state index in [1.807, 2.05) is 60.7 Å². The predicted octanol–water partition coefficient (Wildman–Crippen LogP) is 4.94. The number of hydrogen-bond acceptors (Lipinski definition) is 6. The van der Waals surface area contributed by atoms with Crippen molar-refractivity contribution in [3.8, 4) is 0 Å². The van der Waals surface area contributed by atoms with Gasteiger partial charge in [-0.25, -0.2) is 9.78 Å². The second kappa shape index (κ2) is 14.0. The minimum absolute atomic E-state index is 0.0745. The molecule has 0 aliphatic carbocycles. The number of anilines is 1. The normalized spacial score (nSPS) is 17.0. The summed E-state index contributed by atoms with van der Waals surface area (Å²) in [6.07, 6.45) is 1.12. The molecule has 5 aromatic rings. The van der Waals surface area contributed by atoms with E-state index in [9.17, 15) is 19.5 Å². The number of carbonyl (C=O) groups excluding carboxylic acids is 1. The molecule has 1 aliphatic heterocycles. The summed E-state index contributed by atoms with van der Waals surface area (Å²) in [5, 5.41) is 18.4. The van der Waals surface area contributed by atoms with Gasteiger partial charge in [-0.1, -0.05) is 60.7 Å². The zero-order valence-corrected chi connectivity index (χ0v) is 26.2. The Labute approximate surface area is 271 Å². The quantitative estimate of drug-likeness (QED) is 0.127. The third-order valence-corrected chi connectivity index (χ3v) is 8.78. The number of aryl methyl sites for hydroxylation is 3. The van der Waals surface area contributed by atoms with Gasteiger partial charge in [-0.05, 0) is 72.7 Å². The Kier molecular flexibility index (Phi) is 9.46. The van der Waals surface area contributed by atoms with Gasteiger partial charge in [0.1, 0.15) is 17.6 Å². The number of benzene rings is 3. The fourth-order valence-corrected chi connectivity index (χ4v) is 6.15. The van der Waals surface area contributed by atoms with Crippen molar-refractivity contribution in [2.75, 3.05) is 18.5 Å². The first-order valence-corrected chi connectivity index (χ1v) is 15.7. The van der Waals surface area contributed by atoms with Gasteiger partial charge < -0.3 is 35.8 Å². The SMILES string of the molecule is Cc1cc2nc([C@@H]3CO[C@H](CCc4cc[nH]c(=O)c4NC(=O)[C@@H](NC(=O)O)C(c4ccccc4)c4ccccc4)CN3)[nH]c2cc1C. The number of hydrogen-bond donors (Lipinski definition) is 6. The first-order chi connectivity index (χ1) is 22.8. The number of carboxylic acid groups (broad SMARTS) is 1. The Morgan fingerprint density at radius 3 is 2.32 bits per heavy atom. The highest BCUT2D eigenvalue weighted by Gasteiger charge is 2.33. The van der Waals surface area contributed by atoms with Crippen LogP contribution in [-0.4, -0.2) is 57.4 Å². The monoisotopic (exact) mass is 634 g/mol. The Bertz CT molecular complexity index is 1840. The smallest absolute Gasteiger partial charge is 0.405 e. The van der Waals surface area contributed by atoms with Crippen LogP contribution in [0.15, 0.2) is 89.9 Å². The molecular formula is C36H38N6O5. The topological polar surface area (TPSA) is 161 Å². The molecule has 1 saturated heterocycles. The number of H-pyrrole nitrogens is 2. The molecule has 3 atom stereocenters. The summed E-state index contributed by atoms with van der Waals surface area (Å²) in [6.45, 7) is 5.18. The van der Waals surface area contributed by atoms with Gasteiger partial charge in [0, 0.05) is 18.7 Å². The van der Waals surface area contributed by atoms with Crippen LogP contribution in [0.2, 0.25) is 0 Å². The number of aromatic amines is 2. The predicted molar refractivity (Wildman–Crippen MR) is 180 cm³/mol. The Hall–Kier alpha value is -5.26. The summed E-state index contributed by atoms with van der Waals surface area (Å²) >= 11 is 0. The molecule has 0 saturated carbocycles. The van der Waals surface area contributed by atoms with Crippen molar-refractivity contribution in [2.45, 2.75) is 50.8 Å². The standard InChI is InChI=1S/C36H38N6O5/c1-21-17-27-28(18-22(21)2)40-33(39-27)29-20-47-26(19-38-29)14-13-25-15-16-37-34(43)31(25)41-35(44)32(42-36(45)46)30(23-9-5-3-6-10-23)24-11-7-4-8-12-24/h3-12,15-18,26,29-30,32,38,42H,13-14,19-20H2,1-2H3,(H,37,43)(H,39,40)(H,41,44)(H,45,46)/t26-,29+,32+/m1/s1. The van der Waals surface area contributed by atoms with Crippen molar-refractivity contribution in [1.82, 2.24) is 25.6 Å². The number of fused-ring (bicyclic) bond motifs is 1. The molecule has 3 aromatic carbocycles. The lowest BCUT2D eigenvalue weighted by Crippen LogP contribution is -2.48. The maximum Gasteiger partial charge on any atom is 0.405 e. The Morgan fingerprint density at radius 2 is 1.68 bits per heavy atom. The molecule has 0 spiro atoms. The molecule has 0 bridgehead atoms. The molecule has 1 aliphatic rings. The number of amides is 2. The molecular weight excluding hydrogens is 596 g/mol. The van der Waals surface area contributed by atoms with Gasteiger partial charge in [-0.3, -0.25) is 9.59 Å². The Balaban J connectivity index is 1.15. The summed E-state index contributed by atoms with van der Waals surface area (Å²) in [5.74, 6) is -0.455. The van der Waals surface area contributed by atoms with E-state index in [1.165, 1.54) is 17.3 Å². The van der Waals surface area contributed by atoms with Crippen LogP contribution >= 0.6 is 0 Å². The van der Waals surface area contributed by atoms with Crippen molar-refractivity contribution < 1.29 is 19.4 Å². The summed E-state index contributed by atoms with van der Waals surface area (Å²) in [5.41, 5.74) is 6.07. The lowest BCUT2D eigenvalue weighted by molar-refractivity contribution is -0.118. The number of nitrogens with one attached hydrogen (secondary N) is 5. The maximum absolute atomic E-state index is 13.9. The van der Waals surface area contributed by atoms with Crippen LogP contribution in [-0.2, 0) is 16.0 Å². The molecule has 47 heavy (non-hydrogen) atoms. The zero-order valence-electron chi connectivity index (χ0n) is 26.2. The van der Waals surface area contributed by atoms with Crippen LogP contribution < -0.4 is 21.5 Å². The number of ether oxygens (including phenoxy) is 1. The van der Waals surface area contributed by atoms with E-state index in [4.69, 9.17) is 9.72 Å². The molecule has 242 valence electrons. The van der Waals surface area contributed by atoms with E-state index in [0.717, 1.165) is 28.0 Å². The minimum atomic E-state index is -1.35. The zero-order chi connectivity index (χ0) is 32.9. The minimum Gasteiger partial charge on any atom is -0.465 e. The summed E-state index contributed by atoms with van der Waals surface area (Å²) in [4.78, 5) is 49.7. The average Bonchev–Trinajstić information content (AvgIpc) is 3.48. The first kappa shape index (κ1) is 31.7. The van der Waals surface area contributed by atoms with E-state index in [-0.39, 0.29) is 17.8 Å². The summed E-state index contributed by atoms with van der Waals surface area (Å²) in [7, 11) is 0. The summed E-state index contributed by atoms with van der Waals surface area (Å²) < 4.78 is 6.20. The third-order valence-electron chi connectivity index (χ3n) is 8.78. The highest BCUT2D eigenvalue weighted by molar-refractivity contribution is 5.98. The number of aromatic nitrogens is 3. The van der Waals surface area contributed by atoms with Crippen LogP contribution in [0.5, 0.6) is 0 Å². The molecule has 11 heteroatoms. The van der Waals surface area contributed by atoms with Crippen LogP contribution in [0.25, 0.3) is 11.0 Å². The van der Waals surface area contributed by atoms with E-state index in [0.29, 0.717) is 31.6 Å². The van der Waals surface area contributed by atoms with Crippen LogP contribution in [0, 0.1) is 13.8 Å². The maximum atomic E-state index is 13.9. The molecule has 6 N–H and O–H groups in total. The van der Waals surface area contributed by atoms with Gasteiger partial charge >= 0.3 is 6.09 Å². The number of rotatable bonds is 10. The third kappa shape index (κ3) is 7.26. The molecule has 1 fully saturated rings. The molecule has 2 aromatic heterocycles. The van der Waals surface area contributed by atoms with Crippen molar-refractivity contribution >= 4 is 28.7 Å². The summed E-state index contributed by atoms with van der Waals surface area (Å²) in [6, 6.07) is 23.1. The van der Waals surface area contributed by atoms with Crippen molar-refractivity contribution in [3.63, 3.8) is 0 Å². The molecule has 6 rings (SSSR count). The number of pyridine rings is 1. The average molecular weight is 635 g/mol. The number of morpholine rings is 1. The molecule has 0 radical (unpaired) electrons. The van der Waals surface area contributed by atoms with Gasteiger partial charge in [0.05, 0.1) is 29.8 Å². The van der Waals surface area contributed by atoms with E-state index < -0.39 is 29.5 Å². The van der Waals surface area contributed by atoms with E-state index in [2.05, 4.69) is 51.9 Å². The molecule has 2 amide bonds. The van der Waals surface area contributed by atoms with Crippen LogP contribution in [0.1, 0.15) is 52.0 Å². The number of nitrogens with zero attached hydrogens (tertiary/aromatic N) is 1. The van der Waals surface area contributed by atoms with Crippen LogP contribution in [0.3, 0.4) is 0 Å². The van der Waals surface area contributed by atoms with Crippen LogP contribution in [0.4, 0.5) is 10.5 Å². The largest absolute Gasteiger partial charge is 0.465 e. The fourth-order valence-electron chi connectivity index (χ4n) is 6.15. The van der Waals surface area contributed by atoms with E-state index in [1.54, 1.807) is 6.07 Å². The van der Waals surface area contributed by atoms with Gasteiger partial charge in [0.15, 0.2) is 0 Å². The number of imidazole rings is 1. The van der Waals surface area contributed by atoms with Crippen molar-refractivity contribution in [2.24, 2.45) is 0 Å². The molecule has 0 unspecified atom stereocenters. The second-order valence-electron chi connectivity index (χ2n) is 12.0. The highest BCUT2D eigenvalue weighted by atomic mass is 16.5.